The molecule has 0 radical (unpaired) electrons. The van der Waals surface area contributed by atoms with Crippen LogP contribution in [0, 0.1) is 5.92 Å². The van der Waals surface area contributed by atoms with E-state index in [-0.39, 0.29) is 24.4 Å². The Morgan fingerprint density at radius 1 is 1.43 bits per heavy atom. The van der Waals surface area contributed by atoms with Crippen LogP contribution in [0.15, 0.2) is 18.2 Å². The first-order valence-electron chi connectivity index (χ1n) is 6.09. The first-order valence-corrected chi connectivity index (χ1v) is 6.09. The van der Waals surface area contributed by atoms with Gasteiger partial charge in [-0.25, -0.2) is 0 Å². The Morgan fingerprint density at radius 2 is 2.10 bits per heavy atom. The number of nitrogens with zero attached hydrogens (tertiary/aromatic N) is 1. The molecule has 114 valence electrons. The van der Waals surface area contributed by atoms with Gasteiger partial charge in [0.25, 0.3) is 0 Å². The molecule has 1 aromatic rings. The Bertz CT molecular complexity index is 587. The predicted molar refractivity (Wildman–Crippen MR) is 67.7 cm³/mol. The Labute approximate surface area is 118 Å². The fourth-order valence-electron chi connectivity index (χ4n) is 2.23. The van der Waals surface area contributed by atoms with Crippen LogP contribution in [0.1, 0.15) is 12.0 Å². The van der Waals surface area contributed by atoms with Crippen molar-refractivity contribution < 1.29 is 27.5 Å². The molecule has 0 saturated carbocycles. The number of primary amides is 1. The number of methoxy groups -OCH3 is 1. The number of carbonyl (C=O) groups is 2. The number of nitrogens with two attached hydrogens (primary N) is 1. The summed E-state index contributed by atoms with van der Waals surface area (Å²) in [6, 6.07) is 3.32. The smallest absolute Gasteiger partial charge is 0.420 e. The lowest BCUT2D eigenvalue weighted by molar-refractivity contribution is -0.138. The van der Waals surface area contributed by atoms with Crippen molar-refractivity contribution in [3.63, 3.8) is 0 Å². The fourth-order valence-corrected chi connectivity index (χ4v) is 2.23. The van der Waals surface area contributed by atoms with Crippen LogP contribution in [0.5, 0.6) is 5.75 Å². The normalized spacial score (nSPS) is 19.0. The summed E-state index contributed by atoms with van der Waals surface area (Å²) >= 11 is 0. The molecule has 2 amide bonds. The molecule has 21 heavy (non-hydrogen) atoms. The molecule has 1 aliphatic rings. The quantitative estimate of drug-likeness (QED) is 0.920. The molecule has 1 fully saturated rings. The lowest BCUT2D eigenvalue weighted by Gasteiger charge is -2.19. The van der Waals surface area contributed by atoms with E-state index in [0.717, 1.165) is 24.1 Å². The van der Waals surface area contributed by atoms with Gasteiger partial charge in [0, 0.05) is 18.7 Å². The molecule has 5 nitrogen and oxygen atoms in total. The molecule has 1 unspecified atom stereocenters. The highest BCUT2D eigenvalue weighted by Gasteiger charge is 2.38. The number of halogens is 3. The van der Waals surface area contributed by atoms with Gasteiger partial charge in [-0.05, 0) is 18.2 Å². The maximum absolute atomic E-state index is 12.9. The summed E-state index contributed by atoms with van der Waals surface area (Å²) in [4.78, 5) is 24.0. The van der Waals surface area contributed by atoms with Crippen molar-refractivity contribution >= 4 is 17.5 Å². The molecule has 0 aliphatic carbocycles. The van der Waals surface area contributed by atoms with Crippen molar-refractivity contribution in [2.24, 2.45) is 11.7 Å². The van der Waals surface area contributed by atoms with Crippen LogP contribution < -0.4 is 15.4 Å². The first kappa shape index (κ1) is 15.1. The second kappa shape index (κ2) is 5.27. The van der Waals surface area contributed by atoms with E-state index in [1.54, 1.807) is 0 Å². The predicted octanol–water partition coefficient (Wildman–Crippen LogP) is 1.55. The second-order valence-corrected chi connectivity index (χ2v) is 4.69. The van der Waals surface area contributed by atoms with Crippen molar-refractivity contribution in [2.45, 2.75) is 12.6 Å². The highest BCUT2D eigenvalue weighted by molar-refractivity contribution is 6.00. The van der Waals surface area contributed by atoms with Gasteiger partial charge in [-0.15, -0.1) is 0 Å². The molecule has 1 aromatic carbocycles. The molecule has 2 N–H and O–H groups in total. The molecule has 1 atom stereocenters. The van der Waals surface area contributed by atoms with Gasteiger partial charge in [0.2, 0.25) is 11.8 Å². The molecule has 0 spiro atoms. The average Bonchev–Trinajstić information content (AvgIpc) is 2.79. The maximum Gasteiger partial charge on any atom is 0.420 e. The number of hydrogen-bond acceptors (Lipinski definition) is 3. The van der Waals surface area contributed by atoms with Gasteiger partial charge in [-0.3, -0.25) is 9.59 Å². The zero-order chi connectivity index (χ0) is 15.8. The lowest BCUT2D eigenvalue weighted by atomic mass is 10.1. The Balaban J connectivity index is 2.38. The molecule has 1 saturated heterocycles. The summed E-state index contributed by atoms with van der Waals surface area (Å²) in [6.45, 7) is -0.0161. The van der Waals surface area contributed by atoms with E-state index in [2.05, 4.69) is 4.74 Å². The monoisotopic (exact) mass is 302 g/mol. The van der Waals surface area contributed by atoms with E-state index < -0.39 is 29.5 Å². The van der Waals surface area contributed by atoms with Crippen LogP contribution in [0.3, 0.4) is 0 Å². The molecular formula is C13H13F3N2O3. The highest BCUT2D eigenvalue weighted by Crippen LogP contribution is 2.39. The van der Waals surface area contributed by atoms with Gasteiger partial charge in [-0.1, -0.05) is 0 Å². The molecule has 1 aliphatic heterocycles. The minimum absolute atomic E-state index is 0.0161. The number of carbonyl (C=O) groups excluding carboxylic acids is 2. The fraction of sp³-hybridized carbons (Fsp3) is 0.385. The Kier molecular flexibility index (Phi) is 3.80. The van der Waals surface area contributed by atoms with Gasteiger partial charge in [-0.2, -0.15) is 13.2 Å². The first-order chi connectivity index (χ1) is 9.74. The molecule has 2 rings (SSSR count). The zero-order valence-electron chi connectivity index (χ0n) is 11.1. The van der Waals surface area contributed by atoms with E-state index in [1.807, 2.05) is 0 Å². The molecule has 0 bridgehead atoms. The third-order valence-electron chi connectivity index (χ3n) is 3.33. The van der Waals surface area contributed by atoms with Crippen molar-refractivity contribution in [1.29, 1.82) is 0 Å². The highest BCUT2D eigenvalue weighted by atomic mass is 19.4. The summed E-state index contributed by atoms with van der Waals surface area (Å²) in [7, 11) is 1.13. The standard InChI is InChI=1S/C13H13F3N2O3/c1-21-10-3-2-8(5-9(10)13(14,15)16)18-6-7(12(17)20)4-11(18)19/h2-3,5,7H,4,6H2,1H3,(H2,17,20). The molecular weight excluding hydrogens is 289 g/mol. The Hall–Kier alpha value is -2.25. The average molecular weight is 302 g/mol. The van der Waals surface area contributed by atoms with Crippen molar-refractivity contribution in [3.05, 3.63) is 23.8 Å². The van der Waals surface area contributed by atoms with E-state index in [0.29, 0.717) is 0 Å². The summed E-state index contributed by atoms with van der Waals surface area (Å²) in [5, 5.41) is 0. The molecule has 8 heteroatoms. The van der Waals surface area contributed by atoms with Gasteiger partial charge >= 0.3 is 6.18 Å². The maximum atomic E-state index is 12.9. The van der Waals surface area contributed by atoms with Crippen LogP contribution in [-0.2, 0) is 15.8 Å². The lowest BCUT2D eigenvalue weighted by Crippen LogP contribution is -2.28. The topological polar surface area (TPSA) is 72.6 Å². The number of benzene rings is 1. The van der Waals surface area contributed by atoms with Crippen LogP contribution in [0.2, 0.25) is 0 Å². The van der Waals surface area contributed by atoms with Gasteiger partial charge < -0.3 is 15.4 Å². The van der Waals surface area contributed by atoms with Crippen molar-refractivity contribution in [3.8, 4) is 5.75 Å². The van der Waals surface area contributed by atoms with Gasteiger partial charge in [0.1, 0.15) is 5.75 Å². The SMILES string of the molecule is COc1ccc(N2CC(C(N)=O)CC2=O)cc1C(F)(F)F. The number of ether oxygens (including phenoxy) is 1. The third-order valence-corrected chi connectivity index (χ3v) is 3.33. The minimum Gasteiger partial charge on any atom is -0.496 e. The number of rotatable bonds is 3. The number of hydrogen-bond donors (Lipinski definition) is 1. The Morgan fingerprint density at radius 3 is 2.57 bits per heavy atom. The summed E-state index contributed by atoms with van der Waals surface area (Å²) < 4.78 is 43.5. The van der Waals surface area contributed by atoms with Crippen LogP contribution >= 0.6 is 0 Å². The van der Waals surface area contributed by atoms with Crippen LogP contribution in [0.25, 0.3) is 0 Å². The van der Waals surface area contributed by atoms with Crippen molar-refractivity contribution in [2.75, 3.05) is 18.6 Å². The summed E-state index contributed by atoms with van der Waals surface area (Å²) in [5.74, 6) is -2.09. The molecule has 1 heterocycles. The molecule has 0 aromatic heterocycles. The van der Waals surface area contributed by atoms with Gasteiger partial charge in [0.05, 0.1) is 18.6 Å². The van der Waals surface area contributed by atoms with E-state index in [9.17, 15) is 22.8 Å². The zero-order valence-corrected chi connectivity index (χ0v) is 11.1. The van der Waals surface area contributed by atoms with E-state index >= 15 is 0 Å². The minimum atomic E-state index is -4.60. The second-order valence-electron chi connectivity index (χ2n) is 4.69. The van der Waals surface area contributed by atoms with Crippen LogP contribution in [-0.4, -0.2) is 25.5 Å². The van der Waals surface area contributed by atoms with Crippen molar-refractivity contribution in [1.82, 2.24) is 0 Å². The largest absolute Gasteiger partial charge is 0.496 e. The third kappa shape index (κ3) is 2.93. The van der Waals surface area contributed by atoms with E-state index in [4.69, 9.17) is 5.73 Å². The summed E-state index contributed by atoms with van der Waals surface area (Å²) in [5.41, 5.74) is 4.22. The number of alkyl halides is 3. The van der Waals surface area contributed by atoms with Gasteiger partial charge in [0.15, 0.2) is 0 Å². The number of anilines is 1. The van der Waals surface area contributed by atoms with Crippen LogP contribution in [0.4, 0.5) is 18.9 Å². The van der Waals surface area contributed by atoms with E-state index in [1.165, 1.54) is 6.07 Å². The number of amides is 2. The summed E-state index contributed by atoms with van der Waals surface area (Å²) in [6.07, 6.45) is -4.70.